The molecule has 0 amide bonds. The van der Waals surface area contributed by atoms with Gasteiger partial charge >= 0.3 is 0 Å². The van der Waals surface area contributed by atoms with E-state index in [1.54, 1.807) is 7.11 Å². The van der Waals surface area contributed by atoms with Crippen LogP contribution in [0.1, 0.15) is 33.1 Å². The third kappa shape index (κ3) is 6.10. The second kappa shape index (κ2) is 8.05. The third-order valence-corrected chi connectivity index (χ3v) is 2.88. The van der Waals surface area contributed by atoms with E-state index in [-0.39, 0.29) is 12.6 Å². The molecule has 0 aromatic heterocycles. The minimum Gasteiger partial charge on any atom is -0.396 e. The Labute approximate surface area is 92.6 Å². The molecule has 0 bridgehead atoms. The van der Waals surface area contributed by atoms with Gasteiger partial charge in [-0.1, -0.05) is 13.8 Å². The maximum atomic E-state index is 10.0. The Balaban J connectivity index is 3.95. The molecule has 0 aliphatic rings. The Bertz CT molecular complexity index is 143. The molecule has 0 saturated heterocycles. The standard InChI is InChI=1S/C11H25NO3/c1-4-11(14,5-2)9-12-10(6-7-13)8-15-3/h10,12-14H,4-9H2,1-3H3. The number of methoxy groups -OCH3 is 1. The summed E-state index contributed by atoms with van der Waals surface area (Å²) >= 11 is 0. The zero-order chi connectivity index (χ0) is 11.7. The van der Waals surface area contributed by atoms with Gasteiger partial charge in [0.1, 0.15) is 0 Å². The van der Waals surface area contributed by atoms with Gasteiger partial charge in [-0.3, -0.25) is 0 Å². The van der Waals surface area contributed by atoms with E-state index in [1.807, 2.05) is 13.8 Å². The Morgan fingerprint density at radius 2 is 1.93 bits per heavy atom. The summed E-state index contributed by atoms with van der Waals surface area (Å²) in [5.41, 5.74) is -0.637. The van der Waals surface area contributed by atoms with Crippen LogP contribution in [0, 0.1) is 0 Å². The van der Waals surface area contributed by atoms with Gasteiger partial charge in [0.05, 0.1) is 12.2 Å². The van der Waals surface area contributed by atoms with Crippen LogP contribution in [-0.2, 0) is 4.74 Å². The smallest absolute Gasteiger partial charge is 0.0766 e. The van der Waals surface area contributed by atoms with Gasteiger partial charge in [-0.25, -0.2) is 0 Å². The van der Waals surface area contributed by atoms with E-state index in [9.17, 15) is 5.11 Å². The van der Waals surface area contributed by atoms with Crippen LogP contribution in [0.25, 0.3) is 0 Å². The van der Waals surface area contributed by atoms with Gasteiger partial charge in [-0.15, -0.1) is 0 Å². The molecule has 4 heteroatoms. The van der Waals surface area contributed by atoms with E-state index in [0.29, 0.717) is 19.6 Å². The highest BCUT2D eigenvalue weighted by molar-refractivity contribution is 4.80. The van der Waals surface area contributed by atoms with Crippen LogP contribution in [-0.4, -0.2) is 48.7 Å². The maximum Gasteiger partial charge on any atom is 0.0766 e. The molecule has 1 unspecified atom stereocenters. The summed E-state index contributed by atoms with van der Waals surface area (Å²) in [4.78, 5) is 0. The first kappa shape index (κ1) is 14.8. The van der Waals surface area contributed by atoms with Crippen molar-refractivity contribution in [1.82, 2.24) is 5.32 Å². The molecule has 0 spiro atoms. The first-order chi connectivity index (χ1) is 7.11. The van der Waals surface area contributed by atoms with Gasteiger partial charge in [-0.2, -0.15) is 0 Å². The number of hydrogen-bond donors (Lipinski definition) is 3. The molecule has 15 heavy (non-hydrogen) atoms. The lowest BCUT2D eigenvalue weighted by atomic mass is 9.97. The zero-order valence-electron chi connectivity index (χ0n) is 10.1. The lowest BCUT2D eigenvalue weighted by Gasteiger charge is -2.28. The fraction of sp³-hybridized carbons (Fsp3) is 1.00. The summed E-state index contributed by atoms with van der Waals surface area (Å²) in [6.07, 6.45) is 2.11. The number of rotatable bonds is 9. The molecule has 3 N–H and O–H groups in total. The second-order valence-electron chi connectivity index (χ2n) is 3.98. The predicted molar refractivity (Wildman–Crippen MR) is 60.9 cm³/mol. The molecule has 0 radical (unpaired) electrons. The van der Waals surface area contributed by atoms with Crippen molar-refractivity contribution in [3.63, 3.8) is 0 Å². The minimum atomic E-state index is -0.637. The Morgan fingerprint density at radius 3 is 2.33 bits per heavy atom. The lowest BCUT2D eigenvalue weighted by Crippen LogP contribution is -2.45. The van der Waals surface area contributed by atoms with Crippen LogP contribution in [0.15, 0.2) is 0 Å². The van der Waals surface area contributed by atoms with Crippen molar-refractivity contribution in [2.24, 2.45) is 0 Å². The number of nitrogens with one attached hydrogen (secondary N) is 1. The van der Waals surface area contributed by atoms with Crippen molar-refractivity contribution in [1.29, 1.82) is 0 Å². The second-order valence-corrected chi connectivity index (χ2v) is 3.98. The van der Waals surface area contributed by atoms with Crippen LogP contribution in [0.4, 0.5) is 0 Å². The van der Waals surface area contributed by atoms with Crippen molar-refractivity contribution in [2.45, 2.75) is 44.8 Å². The summed E-state index contributed by atoms with van der Waals surface area (Å²) in [6.45, 7) is 5.20. The molecule has 0 fully saturated rings. The Kier molecular flexibility index (Phi) is 7.96. The quantitative estimate of drug-likeness (QED) is 0.529. The van der Waals surface area contributed by atoms with E-state index < -0.39 is 5.60 Å². The third-order valence-electron chi connectivity index (χ3n) is 2.88. The van der Waals surface area contributed by atoms with E-state index >= 15 is 0 Å². The molecule has 0 aromatic rings. The first-order valence-electron chi connectivity index (χ1n) is 5.67. The first-order valence-corrected chi connectivity index (χ1v) is 5.67. The molecule has 1 atom stereocenters. The van der Waals surface area contributed by atoms with Crippen molar-refractivity contribution in [2.75, 3.05) is 26.9 Å². The molecule has 0 aromatic carbocycles. The van der Waals surface area contributed by atoms with Crippen molar-refractivity contribution < 1.29 is 14.9 Å². The Morgan fingerprint density at radius 1 is 1.33 bits per heavy atom. The van der Waals surface area contributed by atoms with Gasteiger partial charge in [0, 0.05) is 26.3 Å². The fourth-order valence-electron chi connectivity index (χ4n) is 1.44. The van der Waals surface area contributed by atoms with E-state index in [1.165, 1.54) is 0 Å². The minimum absolute atomic E-state index is 0.115. The van der Waals surface area contributed by atoms with Crippen LogP contribution in [0.5, 0.6) is 0 Å². The highest BCUT2D eigenvalue weighted by atomic mass is 16.5. The van der Waals surface area contributed by atoms with E-state index in [0.717, 1.165) is 12.8 Å². The van der Waals surface area contributed by atoms with Gasteiger partial charge in [0.2, 0.25) is 0 Å². The molecule has 0 heterocycles. The molecule has 0 aliphatic carbocycles. The fourth-order valence-corrected chi connectivity index (χ4v) is 1.44. The summed E-state index contributed by atoms with van der Waals surface area (Å²) in [6, 6.07) is 0.115. The van der Waals surface area contributed by atoms with Crippen LogP contribution >= 0.6 is 0 Å². The highest BCUT2D eigenvalue weighted by Gasteiger charge is 2.23. The maximum absolute atomic E-state index is 10.0. The summed E-state index contributed by atoms with van der Waals surface area (Å²) in [5.74, 6) is 0. The monoisotopic (exact) mass is 219 g/mol. The van der Waals surface area contributed by atoms with Crippen LogP contribution in [0.2, 0.25) is 0 Å². The molecule has 92 valence electrons. The van der Waals surface area contributed by atoms with Gasteiger partial charge < -0.3 is 20.3 Å². The Hall–Kier alpha value is -0.160. The van der Waals surface area contributed by atoms with Crippen molar-refractivity contribution in [3.8, 4) is 0 Å². The summed E-state index contributed by atoms with van der Waals surface area (Å²) in [5, 5.41) is 22.1. The average molecular weight is 219 g/mol. The van der Waals surface area contributed by atoms with Crippen molar-refractivity contribution >= 4 is 0 Å². The normalized spacial score (nSPS) is 14.2. The lowest BCUT2D eigenvalue weighted by molar-refractivity contribution is 0.0250. The molecule has 0 saturated carbocycles. The summed E-state index contributed by atoms with van der Waals surface area (Å²) in [7, 11) is 1.64. The number of aliphatic hydroxyl groups excluding tert-OH is 1. The molecular formula is C11H25NO3. The molecule has 0 aliphatic heterocycles. The van der Waals surface area contributed by atoms with Crippen LogP contribution in [0.3, 0.4) is 0 Å². The van der Waals surface area contributed by atoms with Crippen LogP contribution < -0.4 is 5.32 Å². The number of hydrogen-bond acceptors (Lipinski definition) is 4. The van der Waals surface area contributed by atoms with E-state index in [2.05, 4.69) is 5.32 Å². The average Bonchev–Trinajstić information content (AvgIpc) is 2.26. The predicted octanol–water partition coefficient (Wildman–Crippen LogP) is 0.524. The van der Waals surface area contributed by atoms with E-state index in [4.69, 9.17) is 9.84 Å². The SMILES string of the molecule is CCC(O)(CC)CNC(CCO)COC. The van der Waals surface area contributed by atoms with Gasteiger partial charge in [0.15, 0.2) is 0 Å². The topological polar surface area (TPSA) is 61.7 Å². The molecule has 0 rings (SSSR count). The van der Waals surface area contributed by atoms with Gasteiger partial charge in [0.25, 0.3) is 0 Å². The molecular weight excluding hydrogens is 194 g/mol. The van der Waals surface area contributed by atoms with Gasteiger partial charge in [-0.05, 0) is 19.3 Å². The number of aliphatic hydroxyl groups is 2. The number of ether oxygens (including phenoxy) is 1. The van der Waals surface area contributed by atoms with Crippen molar-refractivity contribution in [3.05, 3.63) is 0 Å². The molecule has 4 nitrogen and oxygen atoms in total. The highest BCUT2D eigenvalue weighted by Crippen LogP contribution is 2.13. The largest absolute Gasteiger partial charge is 0.396 e. The summed E-state index contributed by atoms with van der Waals surface area (Å²) < 4.78 is 5.03. The zero-order valence-corrected chi connectivity index (χ0v) is 10.1.